The molecule has 0 amide bonds. The van der Waals surface area contributed by atoms with E-state index >= 15 is 0 Å². The number of para-hydroxylation sites is 1. The number of carbonyl (C=O) groups is 1. The summed E-state index contributed by atoms with van der Waals surface area (Å²) in [5.41, 5.74) is 0.411. The molecular weight excluding hydrogens is 464 g/mol. The Bertz CT molecular complexity index is 1330. The van der Waals surface area contributed by atoms with E-state index in [0.29, 0.717) is 38.5 Å². The number of aliphatic carboxylic acids is 1. The van der Waals surface area contributed by atoms with Gasteiger partial charge in [-0.1, -0.05) is 12.1 Å². The zero-order chi connectivity index (χ0) is 23.8. The lowest BCUT2D eigenvalue weighted by Crippen LogP contribution is -2.07. The summed E-state index contributed by atoms with van der Waals surface area (Å²) in [5, 5.41) is 9.19. The number of fused-ring (bicyclic) bond motifs is 1. The van der Waals surface area contributed by atoms with Crippen LogP contribution in [0.4, 0.5) is 17.6 Å². The van der Waals surface area contributed by atoms with Crippen LogP contribution in [0.2, 0.25) is 0 Å². The molecule has 0 aliphatic heterocycles. The maximum Gasteiger partial charge on any atom is 0.419 e. The van der Waals surface area contributed by atoms with Crippen molar-refractivity contribution in [3.05, 3.63) is 64.2 Å². The van der Waals surface area contributed by atoms with Crippen molar-refractivity contribution < 1.29 is 36.6 Å². The Morgan fingerprint density at radius 1 is 1.21 bits per heavy atom. The van der Waals surface area contributed by atoms with Gasteiger partial charge in [-0.3, -0.25) is 4.79 Å². The molecule has 0 unspecified atom stereocenters. The summed E-state index contributed by atoms with van der Waals surface area (Å²) in [4.78, 5) is 20.1. The summed E-state index contributed by atoms with van der Waals surface area (Å²) in [7, 11) is 0. The molecule has 0 saturated carbocycles. The number of carboxylic acids is 1. The summed E-state index contributed by atoms with van der Waals surface area (Å²) in [6.07, 6.45) is -4.74. The fourth-order valence-electron chi connectivity index (χ4n) is 3.11. The van der Waals surface area contributed by atoms with E-state index in [-0.39, 0.29) is 30.9 Å². The first-order valence-electron chi connectivity index (χ1n) is 9.68. The van der Waals surface area contributed by atoms with Crippen molar-refractivity contribution in [2.45, 2.75) is 32.5 Å². The maximum absolute atomic E-state index is 13.9. The first-order valence-corrected chi connectivity index (χ1v) is 10.5. The molecule has 1 N–H and O–H groups in total. The summed E-state index contributed by atoms with van der Waals surface area (Å²) < 4.78 is 63.8. The highest BCUT2D eigenvalue weighted by atomic mass is 32.1. The highest BCUT2D eigenvalue weighted by Gasteiger charge is 2.34. The predicted octanol–water partition coefficient (Wildman–Crippen LogP) is 6.01. The SMILES string of the molecule is Cc1nc(-c2ccc(C(F)(F)F)c(F)c2)sc1COc1cccc2nc(CCC(=O)O)oc12. The fourth-order valence-corrected chi connectivity index (χ4v) is 4.08. The molecule has 6 nitrogen and oxygen atoms in total. The van der Waals surface area contributed by atoms with Crippen molar-refractivity contribution in [3.63, 3.8) is 0 Å². The van der Waals surface area contributed by atoms with E-state index in [1.54, 1.807) is 25.1 Å². The summed E-state index contributed by atoms with van der Waals surface area (Å²) in [6, 6.07) is 7.81. The first-order chi connectivity index (χ1) is 15.6. The van der Waals surface area contributed by atoms with Crippen LogP contribution in [0, 0.1) is 12.7 Å². The minimum absolute atomic E-state index is 0.0941. The third-order valence-corrected chi connectivity index (χ3v) is 5.93. The second kappa shape index (κ2) is 8.81. The number of rotatable bonds is 7. The fraction of sp³-hybridized carbons (Fsp3) is 0.227. The van der Waals surface area contributed by atoms with Gasteiger partial charge in [0.25, 0.3) is 0 Å². The minimum Gasteiger partial charge on any atom is -0.484 e. The van der Waals surface area contributed by atoms with Gasteiger partial charge in [0.05, 0.1) is 22.6 Å². The van der Waals surface area contributed by atoms with Crippen molar-refractivity contribution in [2.24, 2.45) is 0 Å². The monoisotopic (exact) mass is 480 g/mol. The van der Waals surface area contributed by atoms with E-state index < -0.39 is 23.5 Å². The number of oxazole rings is 1. The largest absolute Gasteiger partial charge is 0.484 e. The number of ether oxygens (including phenoxy) is 1. The van der Waals surface area contributed by atoms with E-state index in [4.69, 9.17) is 14.3 Å². The van der Waals surface area contributed by atoms with E-state index in [1.807, 2.05) is 0 Å². The van der Waals surface area contributed by atoms with Crippen LogP contribution in [0.3, 0.4) is 0 Å². The number of carboxylic acid groups (broad SMARTS) is 1. The Balaban J connectivity index is 1.53. The molecule has 0 atom stereocenters. The Kier molecular flexibility index (Phi) is 6.07. The van der Waals surface area contributed by atoms with Gasteiger partial charge in [0.1, 0.15) is 22.9 Å². The van der Waals surface area contributed by atoms with Gasteiger partial charge < -0.3 is 14.3 Å². The van der Waals surface area contributed by atoms with E-state index in [0.717, 1.165) is 6.07 Å². The van der Waals surface area contributed by atoms with Gasteiger partial charge in [0.15, 0.2) is 17.2 Å². The smallest absolute Gasteiger partial charge is 0.419 e. The quantitative estimate of drug-likeness (QED) is 0.326. The molecule has 0 fully saturated rings. The molecular formula is C22H16F4N2O4S. The van der Waals surface area contributed by atoms with Crippen LogP contribution in [-0.2, 0) is 24.0 Å². The number of benzene rings is 2. The number of hydrogen-bond donors (Lipinski definition) is 1. The van der Waals surface area contributed by atoms with Gasteiger partial charge in [0, 0.05) is 12.0 Å². The third-order valence-electron chi connectivity index (χ3n) is 4.75. The number of aromatic nitrogens is 2. The van der Waals surface area contributed by atoms with Gasteiger partial charge in [-0.2, -0.15) is 13.2 Å². The average Bonchev–Trinajstić information content (AvgIpc) is 3.33. The number of hydrogen-bond acceptors (Lipinski definition) is 6. The number of thiazole rings is 1. The lowest BCUT2D eigenvalue weighted by molar-refractivity contribution is -0.140. The normalized spacial score (nSPS) is 11.8. The number of halogens is 4. The molecule has 0 aliphatic carbocycles. The molecule has 33 heavy (non-hydrogen) atoms. The molecule has 4 rings (SSSR count). The molecule has 2 aromatic heterocycles. The van der Waals surface area contributed by atoms with E-state index in [1.165, 1.54) is 17.4 Å². The Morgan fingerprint density at radius 2 is 2.00 bits per heavy atom. The van der Waals surface area contributed by atoms with Crippen LogP contribution < -0.4 is 4.74 Å². The molecule has 0 bridgehead atoms. The van der Waals surface area contributed by atoms with E-state index in [2.05, 4.69) is 9.97 Å². The summed E-state index contributed by atoms with van der Waals surface area (Å²) in [6.45, 7) is 1.81. The van der Waals surface area contributed by atoms with Gasteiger partial charge in [-0.05, 0) is 31.2 Å². The molecule has 4 aromatic rings. The molecule has 2 heterocycles. The summed E-state index contributed by atoms with van der Waals surface area (Å²) in [5.74, 6) is -1.64. The van der Waals surface area contributed by atoms with Gasteiger partial charge in [-0.15, -0.1) is 11.3 Å². The first kappa shape index (κ1) is 22.7. The van der Waals surface area contributed by atoms with Gasteiger partial charge >= 0.3 is 12.1 Å². The standard InChI is InChI=1S/C22H16F4N2O4S/c1-11-17(33-21(27-11)12-5-6-13(14(23)9-12)22(24,25)26)10-31-16-4-2-3-15-20(16)32-18(28-15)7-8-19(29)30/h2-6,9H,7-8,10H2,1H3,(H,29,30). The zero-order valence-corrected chi connectivity index (χ0v) is 17.9. The van der Waals surface area contributed by atoms with Crippen LogP contribution in [0.1, 0.15) is 28.4 Å². The molecule has 0 spiro atoms. The topological polar surface area (TPSA) is 85.5 Å². The maximum atomic E-state index is 13.9. The highest BCUT2D eigenvalue weighted by molar-refractivity contribution is 7.15. The second-order valence-corrected chi connectivity index (χ2v) is 8.20. The van der Waals surface area contributed by atoms with Gasteiger partial charge in [-0.25, -0.2) is 14.4 Å². The second-order valence-electron chi connectivity index (χ2n) is 7.11. The van der Waals surface area contributed by atoms with Crippen molar-refractivity contribution in [2.75, 3.05) is 0 Å². The number of alkyl halides is 3. The predicted molar refractivity (Wildman–Crippen MR) is 112 cm³/mol. The highest BCUT2D eigenvalue weighted by Crippen LogP contribution is 2.35. The molecule has 0 aliphatic rings. The Hall–Kier alpha value is -3.47. The Morgan fingerprint density at radius 3 is 2.70 bits per heavy atom. The van der Waals surface area contributed by atoms with Crippen LogP contribution in [0.5, 0.6) is 5.75 Å². The Labute approximate surface area is 188 Å². The van der Waals surface area contributed by atoms with Crippen molar-refractivity contribution in [3.8, 4) is 16.3 Å². The van der Waals surface area contributed by atoms with Crippen molar-refractivity contribution in [1.82, 2.24) is 9.97 Å². The van der Waals surface area contributed by atoms with Crippen LogP contribution >= 0.6 is 11.3 Å². The van der Waals surface area contributed by atoms with Gasteiger partial charge in [0.2, 0.25) is 0 Å². The number of nitrogens with zero attached hydrogens (tertiary/aromatic N) is 2. The average molecular weight is 480 g/mol. The minimum atomic E-state index is -4.77. The summed E-state index contributed by atoms with van der Waals surface area (Å²) >= 11 is 1.18. The van der Waals surface area contributed by atoms with Crippen LogP contribution in [-0.4, -0.2) is 21.0 Å². The molecule has 0 saturated heterocycles. The molecule has 11 heteroatoms. The molecule has 0 radical (unpaired) electrons. The third kappa shape index (κ3) is 4.98. The molecule has 2 aromatic carbocycles. The lowest BCUT2D eigenvalue weighted by Gasteiger charge is -2.08. The lowest BCUT2D eigenvalue weighted by atomic mass is 10.1. The van der Waals surface area contributed by atoms with Crippen LogP contribution in [0.15, 0.2) is 40.8 Å². The number of aryl methyl sites for hydroxylation is 2. The van der Waals surface area contributed by atoms with Crippen molar-refractivity contribution in [1.29, 1.82) is 0 Å². The molecule has 172 valence electrons. The van der Waals surface area contributed by atoms with Crippen molar-refractivity contribution >= 4 is 28.4 Å². The zero-order valence-electron chi connectivity index (χ0n) is 17.1. The van der Waals surface area contributed by atoms with E-state index in [9.17, 15) is 22.4 Å². The van der Waals surface area contributed by atoms with Crippen LogP contribution in [0.25, 0.3) is 21.7 Å².